The van der Waals surface area contributed by atoms with Crippen LogP contribution in [0.25, 0.3) is 22.3 Å². The summed E-state index contributed by atoms with van der Waals surface area (Å²) in [5, 5.41) is 28.3. The third kappa shape index (κ3) is 2.97. The second kappa shape index (κ2) is 7.23. The normalized spacial score (nSPS) is 10.1. The van der Waals surface area contributed by atoms with Gasteiger partial charge in [0.05, 0.1) is 17.2 Å². The number of hydrogen-bond acceptors (Lipinski definition) is 4. The molecular weight excluding hydrogens is 344 g/mol. The van der Waals surface area contributed by atoms with Crippen LogP contribution in [0, 0.1) is 22.7 Å². The predicted molar refractivity (Wildman–Crippen MR) is 101 cm³/mol. The molecule has 3 aromatic rings. The Morgan fingerprint density at radius 1 is 1.04 bits per heavy atom. The minimum absolute atomic E-state index is 0.184. The summed E-state index contributed by atoms with van der Waals surface area (Å²) < 4.78 is 0. The van der Waals surface area contributed by atoms with Crippen molar-refractivity contribution in [2.24, 2.45) is 0 Å². The number of aromatic carboxylic acids is 1. The number of thiophene rings is 1. The molecule has 0 radical (unpaired) electrons. The number of hydrogen-bond donors (Lipinski definition) is 1. The SMILES string of the molecule is CCc1sc(C(=O)O)c(-c2ccc(-c3ccccc3C#N)cc2)c1C#N. The Morgan fingerprint density at radius 3 is 2.27 bits per heavy atom. The Kier molecular flexibility index (Phi) is 4.84. The van der Waals surface area contributed by atoms with Gasteiger partial charge in [-0.05, 0) is 29.2 Å². The van der Waals surface area contributed by atoms with Crippen molar-refractivity contribution in [3.05, 3.63) is 69.4 Å². The highest BCUT2D eigenvalue weighted by Crippen LogP contribution is 2.37. The number of carboxylic acids is 1. The molecule has 2 aromatic carbocycles. The van der Waals surface area contributed by atoms with E-state index in [2.05, 4.69) is 12.1 Å². The fourth-order valence-corrected chi connectivity index (χ4v) is 3.97. The first kappa shape index (κ1) is 17.4. The van der Waals surface area contributed by atoms with Crippen LogP contribution in [0.15, 0.2) is 48.5 Å². The van der Waals surface area contributed by atoms with Gasteiger partial charge in [0.1, 0.15) is 10.9 Å². The number of carbonyl (C=O) groups is 1. The fraction of sp³-hybridized carbons (Fsp3) is 0.0952. The maximum Gasteiger partial charge on any atom is 0.346 e. The van der Waals surface area contributed by atoms with E-state index in [1.807, 2.05) is 37.3 Å². The smallest absolute Gasteiger partial charge is 0.346 e. The van der Waals surface area contributed by atoms with E-state index in [0.29, 0.717) is 28.7 Å². The molecule has 126 valence electrons. The minimum Gasteiger partial charge on any atom is -0.477 e. The van der Waals surface area contributed by atoms with Crippen LogP contribution in [0.3, 0.4) is 0 Å². The summed E-state index contributed by atoms with van der Waals surface area (Å²) in [4.78, 5) is 12.6. The molecule has 0 aliphatic heterocycles. The van der Waals surface area contributed by atoms with E-state index in [1.54, 1.807) is 18.2 Å². The lowest BCUT2D eigenvalue weighted by Crippen LogP contribution is -1.96. The number of rotatable bonds is 4. The molecule has 0 fully saturated rings. The zero-order valence-electron chi connectivity index (χ0n) is 14.0. The van der Waals surface area contributed by atoms with Crippen LogP contribution in [0.5, 0.6) is 0 Å². The number of nitrogens with zero attached hydrogens (tertiary/aromatic N) is 2. The van der Waals surface area contributed by atoms with E-state index >= 15 is 0 Å². The van der Waals surface area contributed by atoms with Crippen molar-refractivity contribution in [3.8, 4) is 34.4 Å². The van der Waals surface area contributed by atoms with Crippen molar-refractivity contribution in [2.45, 2.75) is 13.3 Å². The molecular formula is C21H14N2O2S. The molecule has 1 heterocycles. The average Bonchev–Trinajstić information content (AvgIpc) is 3.07. The molecule has 0 aliphatic rings. The van der Waals surface area contributed by atoms with Gasteiger partial charge < -0.3 is 5.11 Å². The summed E-state index contributed by atoms with van der Waals surface area (Å²) in [6, 6.07) is 18.9. The summed E-state index contributed by atoms with van der Waals surface area (Å²) in [6.45, 7) is 1.91. The zero-order valence-corrected chi connectivity index (χ0v) is 14.8. The quantitative estimate of drug-likeness (QED) is 0.704. The van der Waals surface area contributed by atoms with Gasteiger partial charge in [0.15, 0.2) is 0 Å². The van der Waals surface area contributed by atoms with Crippen molar-refractivity contribution >= 4 is 17.3 Å². The lowest BCUT2D eigenvalue weighted by molar-refractivity contribution is 0.0703. The van der Waals surface area contributed by atoms with E-state index in [1.165, 1.54) is 0 Å². The summed E-state index contributed by atoms with van der Waals surface area (Å²) >= 11 is 1.16. The largest absolute Gasteiger partial charge is 0.477 e. The van der Waals surface area contributed by atoms with Gasteiger partial charge in [-0.2, -0.15) is 10.5 Å². The first-order valence-corrected chi connectivity index (χ1v) is 8.81. The minimum atomic E-state index is -1.03. The molecule has 0 aliphatic carbocycles. The Hall–Kier alpha value is -3.41. The molecule has 1 N–H and O–H groups in total. The first-order chi connectivity index (χ1) is 12.6. The van der Waals surface area contributed by atoms with E-state index in [-0.39, 0.29) is 4.88 Å². The van der Waals surface area contributed by atoms with Crippen LogP contribution in [-0.4, -0.2) is 11.1 Å². The van der Waals surface area contributed by atoms with Crippen molar-refractivity contribution in [1.82, 2.24) is 0 Å². The molecule has 0 amide bonds. The summed E-state index contributed by atoms with van der Waals surface area (Å²) in [7, 11) is 0. The van der Waals surface area contributed by atoms with Crippen LogP contribution in [0.2, 0.25) is 0 Å². The third-order valence-corrected chi connectivity index (χ3v) is 5.46. The predicted octanol–water partition coefficient (Wildman–Crippen LogP) is 5.09. The van der Waals surface area contributed by atoms with Gasteiger partial charge in [-0.3, -0.25) is 0 Å². The molecule has 5 heteroatoms. The van der Waals surface area contributed by atoms with Gasteiger partial charge >= 0.3 is 5.97 Å². The van der Waals surface area contributed by atoms with Gasteiger partial charge in [0.2, 0.25) is 0 Å². The highest BCUT2D eigenvalue weighted by atomic mass is 32.1. The second-order valence-corrected chi connectivity index (χ2v) is 6.71. The molecule has 0 atom stereocenters. The van der Waals surface area contributed by atoms with E-state index < -0.39 is 5.97 Å². The molecule has 4 nitrogen and oxygen atoms in total. The maximum atomic E-state index is 11.6. The molecule has 1 aromatic heterocycles. The first-order valence-electron chi connectivity index (χ1n) is 7.99. The van der Waals surface area contributed by atoms with Crippen LogP contribution in [-0.2, 0) is 6.42 Å². The van der Waals surface area contributed by atoms with Crippen molar-refractivity contribution in [3.63, 3.8) is 0 Å². The topological polar surface area (TPSA) is 84.9 Å². The summed E-state index contributed by atoms with van der Waals surface area (Å²) in [5.41, 5.74) is 3.86. The second-order valence-electron chi connectivity index (χ2n) is 5.61. The molecule has 26 heavy (non-hydrogen) atoms. The molecule has 3 rings (SSSR count). The van der Waals surface area contributed by atoms with Crippen LogP contribution in [0.4, 0.5) is 0 Å². The number of benzene rings is 2. The highest BCUT2D eigenvalue weighted by Gasteiger charge is 2.23. The van der Waals surface area contributed by atoms with Crippen molar-refractivity contribution in [1.29, 1.82) is 10.5 Å². The Labute approximate surface area is 155 Å². The lowest BCUT2D eigenvalue weighted by atomic mass is 9.95. The number of carboxylic acid groups (broad SMARTS) is 1. The van der Waals surface area contributed by atoms with Gasteiger partial charge in [-0.1, -0.05) is 49.4 Å². The third-order valence-electron chi connectivity index (χ3n) is 4.14. The van der Waals surface area contributed by atoms with E-state index in [0.717, 1.165) is 27.3 Å². The van der Waals surface area contributed by atoms with E-state index in [4.69, 9.17) is 0 Å². The van der Waals surface area contributed by atoms with Crippen LogP contribution >= 0.6 is 11.3 Å². The van der Waals surface area contributed by atoms with Gasteiger partial charge in [0.25, 0.3) is 0 Å². The Bertz CT molecular complexity index is 1070. The molecule has 0 saturated carbocycles. The summed E-state index contributed by atoms with van der Waals surface area (Å²) in [5.74, 6) is -1.03. The molecule has 0 spiro atoms. The molecule has 0 saturated heterocycles. The monoisotopic (exact) mass is 358 g/mol. The maximum absolute atomic E-state index is 11.6. The Balaban J connectivity index is 2.13. The van der Waals surface area contributed by atoms with Crippen LogP contribution in [0.1, 0.15) is 32.6 Å². The highest BCUT2D eigenvalue weighted by molar-refractivity contribution is 7.14. The van der Waals surface area contributed by atoms with E-state index in [9.17, 15) is 20.4 Å². The fourth-order valence-electron chi connectivity index (χ4n) is 2.92. The number of nitriles is 2. The van der Waals surface area contributed by atoms with Crippen molar-refractivity contribution in [2.75, 3.05) is 0 Å². The van der Waals surface area contributed by atoms with Gasteiger partial charge in [0, 0.05) is 10.4 Å². The number of aryl methyl sites for hydroxylation is 1. The zero-order chi connectivity index (χ0) is 18.7. The Morgan fingerprint density at radius 2 is 1.69 bits per heavy atom. The van der Waals surface area contributed by atoms with Crippen molar-refractivity contribution < 1.29 is 9.90 Å². The molecule has 0 bridgehead atoms. The standard InChI is InChI=1S/C21H14N2O2S/c1-2-18-17(12-23)19(20(26-18)21(24)25)14-9-7-13(8-10-14)16-6-4-3-5-15(16)11-22/h3-10H,2H2,1H3,(H,24,25). The van der Waals surface area contributed by atoms with Crippen LogP contribution < -0.4 is 0 Å². The lowest BCUT2D eigenvalue weighted by Gasteiger charge is -2.07. The summed E-state index contributed by atoms with van der Waals surface area (Å²) in [6.07, 6.45) is 0.613. The van der Waals surface area contributed by atoms with Gasteiger partial charge in [-0.25, -0.2) is 4.79 Å². The average molecular weight is 358 g/mol. The van der Waals surface area contributed by atoms with Gasteiger partial charge in [-0.15, -0.1) is 11.3 Å². The molecule has 0 unspecified atom stereocenters.